The highest BCUT2D eigenvalue weighted by Gasteiger charge is 2.01. The molecule has 0 N–H and O–H groups in total. The molecule has 1 rings (SSSR count). The molecule has 1 aromatic rings. The Kier molecular flexibility index (Phi) is 4.54. The van der Waals surface area contributed by atoms with Crippen LogP contribution in [0.4, 0.5) is 0 Å². The zero-order valence-corrected chi connectivity index (χ0v) is 8.19. The van der Waals surface area contributed by atoms with Gasteiger partial charge in [-0.25, -0.2) is 0 Å². The predicted octanol–water partition coefficient (Wildman–Crippen LogP) is 2.62. The Bertz CT molecular complexity index is 208. The fraction of sp³-hybridized carbons (Fsp3) is 0.571. The maximum absolute atomic E-state index is 5.55. The van der Waals surface area contributed by atoms with Gasteiger partial charge >= 0.3 is 0 Å². The Hall–Kier alpha value is -0.210. The van der Waals surface area contributed by atoms with Gasteiger partial charge in [0.1, 0.15) is 6.00 Å². The van der Waals surface area contributed by atoms with E-state index >= 15 is 0 Å². The molecule has 0 saturated heterocycles. The highest BCUT2D eigenvalue weighted by atomic mass is 35.5. The molecule has 0 unspecified atom stereocenters. The van der Waals surface area contributed by atoms with Crippen LogP contribution in [0.2, 0.25) is 0 Å². The van der Waals surface area contributed by atoms with Crippen LogP contribution in [0.1, 0.15) is 25.5 Å². The number of hydrogen-bond acceptors (Lipinski definition) is 1. The lowest BCUT2D eigenvalue weighted by atomic mass is 10.1. The van der Waals surface area contributed by atoms with E-state index in [0.717, 1.165) is 5.69 Å². The van der Waals surface area contributed by atoms with Gasteiger partial charge in [0.15, 0.2) is 0 Å². The molecule has 64 valence electrons. The van der Waals surface area contributed by atoms with Crippen molar-refractivity contribution in [3.63, 3.8) is 0 Å². The quantitative estimate of drug-likeness (QED) is 0.663. The van der Waals surface area contributed by atoms with E-state index in [2.05, 4.69) is 18.9 Å². The standard InChI is InChI=1S/C7H11ClN2.ClH/c1-6(2)7-3-4-10(5-8)9-7;/h3-4,6H,5H2,1-2H3;1H. The summed E-state index contributed by atoms with van der Waals surface area (Å²) >= 11 is 5.55. The van der Waals surface area contributed by atoms with Crippen LogP contribution in [-0.4, -0.2) is 9.78 Å². The van der Waals surface area contributed by atoms with Crippen LogP contribution in [0, 0.1) is 0 Å². The molecule has 4 heteroatoms. The fourth-order valence-corrected chi connectivity index (χ4v) is 0.885. The van der Waals surface area contributed by atoms with Gasteiger partial charge in [0.05, 0.1) is 5.69 Å². The Balaban J connectivity index is 0.000001000. The predicted molar refractivity (Wildman–Crippen MR) is 49.4 cm³/mol. The van der Waals surface area contributed by atoms with Crippen molar-refractivity contribution in [2.45, 2.75) is 25.8 Å². The van der Waals surface area contributed by atoms with Crippen molar-refractivity contribution in [1.29, 1.82) is 0 Å². The molecule has 0 aliphatic carbocycles. The van der Waals surface area contributed by atoms with Crippen molar-refractivity contribution >= 4 is 24.0 Å². The molecule has 0 fully saturated rings. The molecule has 0 aromatic carbocycles. The van der Waals surface area contributed by atoms with E-state index in [1.165, 1.54) is 0 Å². The minimum atomic E-state index is 0. The molecule has 2 nitrogen and oxygen atoms in total. The molecule has 0 saturated carbocycles. The maximum atomic E-state index is 5.55. The first kappa shape index (κ1) is 10.8. The molecular weight excluding hydrogens is 183 g/mol. The molecular formula is C7H12Cl2N2. The van der Waals surface area contributed by atoms with Gasteiger partial charge in [0, 0.05) is 6.20 Å². The molecule has 0 radical (unpaired) electrons. The molecule has 11 heavy (non-hydrogen) atoms. The van der Waals surface area contributed by atoms with E-state index in [1.807, 2.05) is 12.3 Å². The second-order valence-corrected chi connectivity index (χ2v) is 2.79. The first-order chi connectivity index (χ1) is 4.74. The second kappa shape index (κ2) is 4.62. The first-order valence-corrected chi connectivity index (χ1v) is 3.87. The van der Waals surface area contributed by atoms with E-state index in [0.29, 0.717) is 11.9 Å². The lowest BCUT2D eigenvalue weighted by Gasteiger charge is -1.96. The molecule has 0 amide bonds. The lowest BCUT2D eigenvalue weighted by Crippen LogP contribution is -1.95. The van der Waals surface area contributed by atoms with Gasteiger partial charge in [-0.15, -0.1) is 24.0 Å². The third-order valence-corrected chi connectivity index (χ3v) is 1.62. The van der Waals surface area contributed by atoms with Gasteiger partial charge < -0.3 is 0 Å². The highest BCUT2D eigenvalue weighted by Crippen LogP contribution is 2.10. The zero-order valence-electron chi connectivity index (χ0n) is 6.62. The average Bonchev–Trinajstić information content (AvgIpc) is 2.34. The number of hydrogen-bond donors (Lipinski definition) is 0. The summed E-state index contributed by atoms with van der Waals surface area (Å²) in [7, 11) is 0. The van der Waals surface area contributed by atoms with Crippen molar-refractivity contribution in [2.75, 3.05) is 0 Å². The monoisotopic (exact) mass is 194 g/mol. The SMILES string of the molecule is CC(C)c1ccn(CCl)n1.Cl. The number of aromatic nitrogens is 2. The van der Waals surface area contributed by atoms with Crippen LogP contribution in [0.3, 0.4) is 0 Å². The minimum absolute atomic E-state index is 0. The number of alkyl halides is 1. The maximum Gasteiger partial charge on any atom is 0.115 e. The van der Waals surface area contributed by atoms with E-state index < -0.39 is 0 Å². The van der Waals surface area contributed by atoms with Gasteiger partial charge in [-0.05, 0) is 12.0 Å². The third-order valence-electron chi connectivity index (χ3n) is 1.38. The van der Waals surface area contributed by atoms with Crippen molar-refractivity contribution in [3.8, 4) is 0 Å². The van der Waals surface area contributed by atoms with Crippen LogP contribution in [0.25, 0.3) is 0 Å². The molecule has 0 atom stereocenters. The normalized spacial score (nSPS) is 9.82. The van der Waals surface area contributed by atoms with Crippen molar-refractivity contribution in [3.05, 3.63) is 18.0 Å². The Labute approximate surface area is 78.0 Å². The van der Waals surface area contributed by atoms with E-state index in [9.17, 15) is 0 Å². The molecule has 1 aromatic heterocycles. The summed E-state index contributed by atoms with van der Waals surface area (Å²) in [4.78, 5) is 0. The zero-order chi connectivity index (χ0) is 7.56. The van der Waals surface area contributed by atoms with Gasteiger partial charge in [-0.3, -0.25) is 4.68 Å². The van der Waals surface area contributed by atoms with E-state index in [-0.39, 0.29) is 12.4 Å². The topological polar surface area (TPSA) is 17.8 Å². The first-order valence-electron chi connectivity index (χ1n) is 3.33. The minimum Gasteiger partial charge on any atom is -0.258 e. The average molecular weight is 195 g/mol. The van der Waals surface area contributed by atoms with Gasteiger partial charge in [0.2, 0.25) is 0 Å². The summed E-state index contributed by atoms with van der Waals surface area (Å²) in [6.07, 6.45) is 1.89. The molecule has 0 aliphatic heterocycles. The number of rotatable bonds is 2. The number of nitrogens with zero attached hydrogens (tertiary/aromatic N) is 2. The largest absolute Gasteiger partial charge is 0.258 e. The molecule has 0 spiro atoms. The van der Waals surface area contributed by atoms with Gasteiger partial charge in [-0.2, -0.15) is 5.10 Å². The summed E-state index contributed by atoms with van der Waals surface area (Å²) in [6.45, 7) is 4.22. The van der Waals surface area contributed by atoms with Crippen LogP contribution < -0.4 is 0 Å². The summed E-state index contributed by atoms with van der Waals surface area (Å²) in [5, 5.41) is 4.21. The van der Waals surface area contributed by atoms with Crippen LogP contribution >= 0.6 is 24.0 Å². The van der Waals surface area contributed by atoms with E-state index in [1.54, 1.807) is 4.68 Å². The van der Waals surface area contributed by atoms with Crippen molar-refractivity contribution in [1.82, 2.24) is 9.78 Å². The summed E-state index contributed by atoms with van der Waals surface area (Å²) < 4.78 is 1.72. The summed E-state index contributed by atoms with van der Waals surface area (Å²) in [5.74, 6) is 0.490. The summed E-state index contributed by atoms with van der Waals surface area (Å²) in [5.41, 5.74) is 1.10. The van der Waals surface area contributed by atoms with E-state index in [4.69, 9.17) is 11.6 Å². The lowest BCUT2D eigenvalue weighted by molar-refractivity contribution is 0.698. The van der Waals surface area contributed by atoms with Crippen molar-refractivity contribution < 1.29 is 0 Å². The molecule has 0 aliphatic rings. The van der Waals surface area contributed by atoms with Gasteiger partial charge in [0.25, 0.3) is 0 Å². The summed E-state index contributed by atoms with van der Waals surface area (Å²) in [6, 6.07) is 2.43. The van der Waals surface area contributed by atoms with Crippen LogP contribution in [-0.2, 0) is 6.00 Å². The fourth-order valence-electron chi connectivity index (χ4n) is 0.752. The Morgan fingerprint density at radius 1 is 1.64 bits per heavy atom. The second-order valence-electron chi connectivity index (χ2n) is 2.55. The number of halogens is 2. The molecule has 0 bridgehead atoms. The van der Waals surface area contributed by atoms with Gasteiger partial charge in [-0.1, -0.05) is 13.8 Å². The third kappa shape index (κ3) is 2.72. The van der Waals surface area contributed by atoms with Crippen LogP contribution in [0.15, 0.2) is 12.3 Å². The Morgan fingerprint density at radius 3 is 2.55 bits per heavy atom. The van der Waals surface area contributed by atoms with Crippen molar-refractivity contribution in [2.24, 2.45) is 0 Å². The smallest absolute Gasteiger partial charge is 0.115 e. The van der Waals surface area contributed by atoms with Crippen LogP contribution in [0.5, 0.6) is 0 Å². The Morgan fingerprint density at radius 2 is 2.27 bits per heavy atom. The molecule has 1 heterocycles. The highest BCUT2D eigenvalue weighted by molar-refractivity contribution is 6.15.